The Kier molecular flexibility index (Phi) is 1.86. The van der Waals surface area contributed by atoms with Crippen LogP contribution in [-0.4, -0.2) is 16.2 Å². The molecule has 1 fully saturated rings. The molecule has 0 unspecified atom stereocenters. The normalized spacial score (nSPS) is 30.9. The lowest BCUT2D eigenvalue weighted by Gasteiger charge is -2.33. The molecule has 0 radical (unpaired) electrons. The Labute approximate surface area is 70.9 Å². The van der Waals surface area contributed by atoms with Crippen LogP contribution in [0.2, 0.25) is 0 Å². The zero-order valence-electron chi connectivity index (χ0n) is 6.96. The van der Waals surface area contributed by atoms with Gasteiger partial charge >= 0.3 is 0 Å². The van der Waals surface area contributed by atoms with E-state index in [9.17, 15) is 0 Å². The van der Waals surface area contributed by atoms with Crippen molar-refractivity contribution in [3.05, 3.63) is 0 Å². The summed E-state index contributed by atoms with van der Waals surface area (Å²) in [7, 11) is 0. The van der Waals surface area contributed by atoms with Crippen molar-refractivity contribution in [1.29, 1.82) is 0 Å². The molecule has 1 rings (SSSR count). The van der Waals surface area contributed by atoms with Crippen LogP contribution < -0.4 is 10.6 Å². The predicted molar refractivity (Wildman–Crippen MR) is 47.1 cm³/mol. The fourth-order valence-electron chi connectivity index (χ4n) is 1.03. The van der Waals surface area contributed by atoms with Gasteiger partial charge in [-0.2, -0.15) is 0 Å². The summed E-state index contributed by atoms with van der Waals surface area (Å²) in [5, 5.41) is 7.03. The van der Waals surface area contributed by atoms with Crippen LogP contribution in [0.4, 0.5) is 0 Å². The van der Waals surface area contributed by atoms with Crippen molar-refractivity contribution in [1.82, 2.24) is 10.6 Å². The summed E-state index contributed by atoms with van der Waals surface area (Å²) in [6.07, 6.45) is 0. The lowest BCUT2D eigenvalue weighted by atomic mass is 9.85. The van der Waals surface area contributed by atoms with E-state index < -0.39 is 0 Å². The molecule has 10 heavy (non-hydrogen) atoms. The molecule has 0 amide bonds. The van der Waals surface area contributed by atoms with Crippen LogP contribution in [0.3, 0.4) is 0 Å². The second kappa shape index (κ2) is 2.19. The van der Waals surface area contributed by atoms with Crippen molar-refractivity contribution < 1.29 is 0 Å². The van der Waals surface area contributed by atoms with Gasteiger partial charge in [0.05, 0.1) is 0 Å². The first-order valence-electron chi connectivity index (χ1n) is 3.55. The highest BCUT2D eigenvalue weighted by Gasteiger charge is 2.44. The smallest absolute Gasteiger partial charge is 0.116 e. The van der Waals surface area contributed by atoms with E-state index in [1.807, 2.05) is 0 Å². The number of halogens is 1. The van der Waals surface area contributed by atoms with E-state index in [0.717, 1.165) is 0 Å². The molecule has 0 aromatic heterocycles. The average molecular weight is 207 g/mol. The number of hydrogen-bond donors (Lipinski definition) is 2. The Morgan fingerprint density at radius 1 is 1.00 bits per heavy atom. The van der Waals surface area contributed by atoms with Crippen molar-refractivity contribution in [2.45, 2.75) is 43.8 Å². The molecule has 1 aliphatic heterocycles. The second-order valence-corrected chi connectivity index (χ2v) is 4.82. The third-order valence-corrected chi connectivity index (χ3v) is 3.00. The van der Waals surface area contributed by atoms with Gasteiger partial charge in [0.2, 0.25) is 0 Å². The van der Waals surface area contributed by atoms with Gasteiger partial charge in [-0.15, -0.1) is 0 Å². The average Bonchev–Trinajstić information content (AvgIpc) is 1.73. The molecule has 1 aliphatic rings. The first kappa shape index (κ1) is 8.50. The van der Waals surface area contributed by atoms with Crippen LogP contribution >= 0.6 is 15.9 Å². The van der Waals surface area contributed by atoms with Crippen LogP contribution in [0.1, 0.15) is 27.7 Å². The summed E-state index contributed by atoms with van der Waals surface area (Å²) in [5.74, 6) is 0. The number of nitrogens with one attached hydrogen (secondary N) is 2. The minimum absolute atomic E-state index is 0.154. The van der Waals surface area contributed by atoms with E-state index in [0.29, 0.717) is 0 Å². The van der Waals surface area contributed by atoms with E-state index in [2.05, 4.69) is 54.3 Å². The first-order chi connectivity index (χ1) is 4.35. The van der Waals surface area contributed by atoms with Crippen LogP contribution in [-0.2, 0) is 0 Å². The van der Waals surface area contributed by atoms with Crippen LogP contribution in [0.15, 0.2) is 0 Å². The molecule has 0 atom stereocenters. The minimum atomic E-state index is 0.154. The molecule has 0 spiro atoms. The Morgan fingerprint density at radius 3 is 1.40 bits per heavy atom. The Bertz CT molecular complexity index is 127. The number of alkyl halides is 1. The van der Waals surface area contributed by atoms with Crippen molar-refractivity contribution in [3.63, 3.8) is 0 Å². The Balaban J connectivity index is 2.78. The third kappa shape index (κ3) is 1.22. The first-order valence-corrected chi connectivity index (χ1v) is 4.46. The zero-order valence-corrected chi connectivity index (χ0v) is 8.54. The van der Waals surface area contributed by atoms with Crippen molar-refractivity contribution in [2.24, 2.45) is 0 Å². The quantitative estimate of drug-likeness (QED) is 0.463. The van der Waals surface area contributed by atoms with Gasteiger partial charge in [-0.1, -0.05) is 15.9 Å². The molecule has 0 aliphatic carbocycles. The molecule has 2 nitrogen and oxygen atoms in total. The van der Waals surface area contributed by atoms with E-state index >= 15 is 0 Å². The maximum absolute atomic E-state index is 3.47. The molecule has 1 heterocycles. The van der Waals surface area contributed by atoms with Gasteiger partial charge in [-0.05, 0) is 27.7 Å². The lowest BCUT2D eigenvalue weighted by Crippen LogP contribution is -2.51. The SMILES string of the molecule is CC1(C)NC(Br)NC1(C)C. The van der Waals surface area contributed by atoms with Crippen LogP contribution in [0.5, 0.6) is 0 Å². The summed E-state index contributed by atoms with van der Waals surface area (Å²) >= 11 is 3.47. The molecule has 0 saturated carbocycles. The summed E-state index contributed by atoms with van der Waals surface area (Å²) in [6.45, 7) is 8.78. The van der Waals surface area contributed by atoms with E-state index in [1.54, 1.807) is 0 Å². The van der Waals surface area contributed by atoms with Gasteiger partial charge in [-0.3, -0.25) is 10.6 Å². The van der Waals surface area contributed by atoms with Gasteiger partial charge in [0, 0.05) is 11.1 Å². The molecule has 0 bridgehead atoms. The summed E-state index contributed by atoms with van der Waals surface area (Å²) in [4.78, 5) is 0. The highest BCUT2D eigenvalue weighted by Crippen LogP contribution is 2.28. The van der Waals surface area contributed by atoms with Gasteiger partial charge in [0.15, 0.2) is 0 Å². The van der Waals surface area contributed by atoms with Gasteiger partial charge < -0.3 is 0 Å². The molecule has 2 N–H and O–H groups in total. The summed E-state index contributed by atoms with van der Waals surface area (Å²) in [6, 6.07) is 0. The Hall–Kier alpha value is 0.400. The monoisotopic (exact) mass is 206 g/mol. The van der Waals surface area contributed by atoms with Crippen molar-refractivity contribution in [2.75, 3.05) is 0 Å². The largest absolute Gasteiger partial charge is 0.286 e. The summed E-state index contributed by atoms with van der Waals surface area (Å²) < 4.78 is 0. The van der Waals surface area contributed by atoms with Gasteiger partial charge in [-0.25, -0.2) is 0 Å². The summed E-state index contributed by atoms with van der Waals surface area (Å²) in [5.41, 5.74) is 0.308. The molecule has 0 aromatic rings. The molecule has 60 valence electrons. The van der Waals surface area contributed by atoms with Gasteiger partial charge in [0.25, 0.3) is 0 Å². The fraction of sp³-hybridized carbons (Fsp3) is 1.00. The highest BCUT2D eigenvalue weighted by atomic mass is 79.9. The van der Waals surface area contributed by atoms with E-state index in [1.165, 1.54) is 0 Å². The Morgan fingerprint density at radius 2 is 1.30 bits per heavy atom. The maximum Gasteiger partial charge on any atom is 0.116 e. The minimum Gasteiger partial charge on any atom is -0.286 e. The third-order valence-electron chi connectivity index (χ3n) is 2.54. The number of hydrogen-bond acceptors (Lipinski definition) is 2. The standard InChI is InChI=1S/C7H15BrN2/c1-6(2)7(3,4)10-5(8)9-6/h5,9-10H,1-4H3. The fourth-order valence-corrected chi connectivity index (χ4v) is 2.18. The van der Waals surface area contributed by atoms with Crippen molar-refractivity contribution >= 4 is 15.9 Å². The van der Waals surface area contributed by atoms with E-state index in [-0.39, 0.29) is 16.2 Å². The highest BCUT2D eigenvalue weighted by molar-refractivity contribution is 9.09. The van der Waals surface area contributed by atoms with Gasteiger partial charge in [0.1, 0.15) is 5.08 Å². The topological polar surface area (TPSA) is 24.1 Å². The lowest BCUT2D eigenvalue weighted by molar-refractivity contribution is 0.295. The molecular weight excluding hydrogens is 192 g/mol. The maximum atomic E-state index is 3.47. The molecule has 0 aromatic carbocycles. The zero-order chi connectivity index (χ0) is 7.99. The molecule has 3 heteroatoms. The molecule has 1 saturated heterocycles. The molecular formula is C7H15BrN2. The predicted octanol–water partition coefficient (Wildman–Crippen LogP) is 1.41. The van der Waals surface area contributed by atoms with Crippen molar-refractivity contribution in [3.8, 4) is 0 Å². The second-order valence-electron chi connectivity index (χ2n) is 3.90. The van der Waals surface area contributed by atoms with Crippen LogP contribution in [0, 0.1) is 0 Å². The van der Waals surface area contributed by atoms with Crippen LogP contribution in [0.25, 0.3) is 0 Å². The number of rotatable bonds is 0. The van der Waals surface area contributed by atoms with E-state index in [4.69, 9.17) is 0 Å².